The van der Waals surface area contributed by atoms with Crippen molar-refractivity contribution in [3.63, 3.8) is 0 Å². The van der Waals surface area contributed by atoms with E-state index in [0.29, 0.717) is 40.8 Å². The molecule has 0 fully saturated rings. The van der Waals surface area contributed by atoms with Gasteiger partial charge in [0.1, 0.15) is 6.61 Å². The summed E-state index contributed by atoms with van der Waals surface area (Å²) in [6.07, 6.45) is 0.910. The van der Waals surface area contributed by atoms with E-state index in [-0.39, 0.29) is 25.0 Å². The fourth-order valence-corrected chi connectivity index (χ4v) is 4.82. The van der Waals surface area contributed by atoms with Crippen LogP contribution in [-0.4, -0.2) is 26.8 Å². The van der Waals surface area contributed by atoms with Gasteiger partial charge >= 0.3 is 11.9 Å². The van der Waals surface area contributed by atoms with Gasteiger partial charge in [0.2, 0.25) is 5.60 Å². The second-order valence-electron chi connectivity index (χ2n) is 8.03. The van der Waals surface area contributed by atoms with Gasteiger partial charge in [0.05, 0.1) is 29.0 Å². The van der Waals surface area contributed by atoms with Crippen molar-refractivity contribution in [3.05, 3.63) is 63.4 Å². The van der Waals surface area contributed by atoms with Crippen LogP contribution in [0.3, 0.4) is 0 Å². The number of pyridine rings is 2. The standard InChI is InChI=1S/C24H21BrN2O5/c1-2-24(32-20(28)8-5-9-25)17-11-19-21-15(10-14-6-3-4-7-18(14)26-21)12-27(19)22(29)16(17)13-31-23(24)30/h3-4,6-7,10-11H,2,5,8-9,12-13H2,1H3/t24-/m0/s1. The van der Waals surface area contributed by atoms with E-state index in [4.69, 9.17) is 14.5 Å². The van der Waals surface area contributed by atoms with Crippen LogP contribution in [0, 0.1) is 0 Å². The molecule has 4 heterocycles. The maximum absolute atomic E-state index is 13.4. The normalized spacial score (nSPS) is 18.6. The van der Waals surface area contributed by atoms with Crippen LogP contribution >= 0.6 is 15.9 Å². The number of rotatable bonds is 5. The van der Waals surface area contributed by atoms with Gasteiger partial charge in [-0.05, 0) is 31.0 Å². The summed E-state index contributed by atoms with van der Waals surface area (Å²) in [5.74, 6) is -1.14. The first-order valence-electron chi connectivity index (χ1n) is 10.6. The molecule has 2 aliphatic rings. The first-order valence-corrected chi connectivity index (χ1v) is 11.7. The lowest BCUT2D eigenvalue weighted by atomic mass is 9.85. The molecule has 5 rings (SSSR count). The average molecular weight is 497 g/mol. The highest BCUT2D eigenvalue weighted by atomic mass is 79.9. The minimum absolute atomic E-state index is 0.139. The Morgan fingerprint density at radius 3 is 2.88 bits per heavy atom. The predicted octanol–water partition coefficient (Wildman–Crippen LogP) is 3.81. The second-order valence-corrected chi connectivity index (χ2v) is 8.82. The van der Waals surface area contributed by atoms with E-state index < -0.39 is 17.5 Å². The number of carbonyl (C=O) groups is 2. The molecule has 0 bridgehead atoms. The van der Waals surface area contributed by atoms with E-state index in [0.717, 1.165) is 16.5 Å². The summed E-state index contributed by atoms with van der Waals surface area (Å²) in [4.78, 5) is 43.6. The lowest BCUT2D eigenvalue weighted by molar-refractivity contribution is -0.189. The second kappa shape index (κ2) is 7.85. The highest BCUT2D eigenvalue weighted by Crippen LogP contribution is 2.41. The quantitative estimate of drug-likeness (QED) is 0.308. The Labute approximate surface area is 192 Å². The van der Waals surface area contributed by atoms with E-state index >= 15 is 0 Å². The van der Waals surface area contributed by atoms with Gasteiger partial charge in [-0.2, -0.15) is 0 Å². The Balaban J connectivity index is 1.69. The lowest BCUT2D eigenvalue weighted by Crippen LogP contribution is -2.47. The zero-order valence-electron chi connectivity index (χ0n) is 17.5. The molecule has 0 aliphatic carbocycles. The third kappa shape index (κ3) is 3.08. The number of cyclic esters (lactones) is 1. The van der Waals surface area contributed by atoms with Gasteiger partial charge in [0.25, 0.3) is 5.56 Å². The van der Waals surface area contributed by atoms with Crippen LogP contribution in [0.4, 0.5) is 0 Å². The maximum Gasteiger partial charge on any atom is 0.355 e. The van der Waals surface area contributed by atoms with Crippen LogP contribution in [0.1, 0.15) is 42.9 Å². The minimum atomic E-state index is -1.63. The highest BCUT2D eigenvalue weighted by Gasteiger charge is 2.50. The number of benzene rings is 1. The van der Waals surface area contributed by atoms with E-state index in [1.807, 2.05) is 30.3 Å². The number of ether oxygens (including phenoxy) is 2. The topological polar surface area (TPSA) is 87.5 Å². The van der Waals surface area contributed by atoms with Crippen LogP contribution in [0.2, 0.25) is 0 Å². The van der Waals surface area contributed by atoms with E-state index in [1.54, 1.807) is 17.6 Å². The van der Waals surface area contributed by atoms with E-state index in [2.05, 4.69) is 15.9 Å². The summed E-state index contributed by atoms with van der Waals surface area (Å²) < 4.78 is 12.7. The van der Waals surface area contributed by atoms with Crippen LogP contribution < -0.4 is 5.56 Å². The zero-order chi connectivity index (χ0) is 22.5. The molecule has 3 aromatic rings. The molecule has 1 atom stereocenters. The number of aromatic nitrogens is 2. The third-order valence-corrected chi connectivity index (χ3v) is 6.75. The fraction of sp³-hybridized carbons (Fsp3) is 0.333. The average Bonchev–Trinajstić information content (AvgIpc) is 3.16. The monoisotopic (exact) mass is 496 g/mol. The van der Waals surface area contributed by atoms with Gasteiger partial charge in [-0.25, -0.2) is 9.78 Å². The van der Waals surface area contributed by atoms with Gasteiger partial charge < -0.3 is 14.0 Å². The SMILES string of the molecule is CC[C@@]1(OC(=O)CCCBr)C(=O)OCc2c1cc1n(c2=O)Cc2cc3ccccc3nc2-1. The number of hydrogen-bond acceptors (Lipinski definition) is 6. The first kappa shape index (κ1) is 20.9. The van der Waals surface area contributed by atoms with E-state index in [9.17, 15) is 14.4 Å². The van der Waals surface area contributed by atoms with Crippen molar-refractivity contribution < 1.29 is 19.1 Å². The number of nitrogens with zero attached hydrogens (tertiary/aromatic N) is 2. The van der Waals surface area contributed by atoms with Crippen molar-refractivity contribution >= 4 is 38.8 Å². The van der Waals surface area contributed by atoms with Crippen molar-refractivity contribution in [2.24, 2.45) is 0 Å². The fourth-order valence-electron chi connectivity index (χ4n) is 4.54. The Morgan fingerprint density at radius 1 is 1.28 bits per heavy atom. The number of esters is 2. The molecule has 0 saturated carbocycles. The molecular formula is C24H21BrN2O5. The molecule has 0 saturated heterocycles. The van der Waals surface area contributed by atoms with Crippen molar-refractivity contribution in [1.29, 1.82) is 0 Å². The number of alkyl halides is 1. The Hall–Kier alpha value is -3.00. The van der Waals surface area contributed by atoms with Gasteiger partial charge in [-0.15, -0.1) is 0 Å². The molecule has 32 heavy (non-hydrogen) atoms. The molecule has 164 valence electrons. The molecule has 0 spiro atoms. The van der Waals surface area contributed by atoms with Crippen LogP contribution in [-0.2, 0) is 37.8 Å². The van der Waals surface area contributed by atoms with Gasteiger partial charge in [-0.3, -0.25) is 9.59 Å². The van der Waals surface area contributed by atoms with E-state index in [1.165, 1.54) is 0 Å². The molecule has 0 N–H and O–H groups in total. The van der Waals surface area contributed by atoms with Gasteiger partial charge in [-0.1, -0.05) is 41.1 Å². The molecule has 0 amide bonds. The van der Waals surface area contributed by atoms with Gasteiger partial charge in [0, 0.05) is 28.3 Å². The zero-order valence-corrected chi connectivity index (χ0v) is 19.1. The van der Waals surface area contributed by atoms with Crippen molar-refractivity contribution in [3.8, 4) is 11.4 Å². The molecule has 7 nitrogen and oxygen atoms in total. The van der Waals surface area contributed by atoms with Crippen molar-refractivity contribution in [2.45, 2.75) is 44.9 Å². The number of fused-ring (bicyclic) bond motifs is 5. The highest BCUT2D eigenvalue weighted by molar-refractivity contribution is 9.09. The molecular weight excluding hydrogens is 476 g/mol. The van der Waals surface area contributed by atoms with Crippen LogP contribution in [0.5, 0.6) is 0 Å². The van der Waals surface area contributed by atoms with Crippen LogP contribution in [0.15, 0.2) is 41.2 Å². The predicted molar refractivity (Wildman–Crippen MR) is 121 cm³/mol. The van der Waals surface area contributed by atoms with Crippen molar-refractivity contribution in [1.82, 2.24) is 9.55 Å². The number of hydrogen-bond donors (Lipinski definition) is 0. The first-order chi connectivity index (χ1) is 15.5. The molecule has 0 unspecified atom stereocenters. The number of halogens is 1. The summed E-state index contributed by atoms with van der Waals surface area (Å²) in [5, 5.41) is 1.65. The Kier molecular flexibility index (Phi) is 5.12. The Bertz CT molecular complexity index is 1330. The molecule has 1 aromatic carbocycles. The maximum atomic E-state index is 13.4. The summed E-state index contributed by atoms with van der Waals surface area (Å²) in [6.45, 7) is 2.01. The summed E-state index contributed by atoms with van der Waals surface area (Å²) in [6, 6.07) is 11.6. The van der Waals surface area contributed by atoms with Gasteiger partial charge in [0.15, 0.2) is 0 Å². The smallest absolute Gasteiger partial charge is 0.355 e. The van der Waals surface area contributed by atoms with Crippen LogP contribution in [0.25, 0.3) is 22.3 Å². The number of carbonyl (C=O) groups excluding carboxylic acids is 2. The third-order valence-electron chi connectivity index (χ3n) is 6.19. The minimum Gasteiger partial charge on any atom is -0.457 e. The molecule has 0 radical (unpaired) electrons. The summed E-state index contributed by atoms with van der Waals surface area (Å²) >= 11 is 3.30. The molecule has 8 heteroatoms. The molecule has 2 aromatic heterocycles. The molecule has 2 aliphatic heterocycles. The van der Waals surface area contributed by atoms with Crippen molar-refractivity contribution in [2.75, 3.05) is 5.33 Å². The number of para-hydroxylation sites is 1. The summed E-state index contributed by atoms with van der Waals surface area (Å²) in [5.41, 5.74) is 1.96. The Morgan fingerprint density at radius 2 is 2.09 bits per heavy atom. The lowest BCUT2D eigenvalue weighted by Gasteiger charge is -2.35. The largest absolute Gasteiger partial charge is 0.457 e. The summed E-state index contributed by atoms with van der Waals surface area (Å²) in [7, 11) is 0.